The number of amides is 1. The molecule has 3 aliphatic rings. The maximum Gasteiger partial charge on any atom is 0.407 e. The summed E-state index contributed by atoms with van der Waals surface area (Å²) < 4.78 is 5.31. The number of fused-ring (bicyclic) bond motifs is 1. The Balaban J connectivity index is 1.42. The van der Waals surface area contributed by atoms with Crippen molar-refractivity contribution in [3.05, 3.63) is 0 Å². The molecule has 1 aliphatic carbocycles. The number of nitrogens with zero attached hydrogens (tertiary/aromatic N) is 1. The number of carbonyl (C=O) groups excluding carboxylic acids is 1. The van der Waals surface area contributed by atoms with Crippen molar-refractivity contribution in [2.24, 2.45) is 11.8 Å². The molecular formula is C14H25N3O2. The Bertz CT molecular complexity index is 348. The molecule has 3 rings (SSSR count). The van der Waals surface area contributed by atoms with E-state index in [1.807, 2.05) is 20.8 Å². The Hall–Kier alpha value is -0.810. The molecule has 0 aromatic heterocycles. The van der Waals surface area contributed by atoms with Gasteiger partial charge in [0.2, 0.25) is 0 Å². The van der Waals surface area contributed by atoms with Gasteiger partial charge < -0.3 is 15.4 Å². The number of hydrogen-bond donors (Lipinski definition) is 2. The molecular weight excluding hydrogens is 242 g/mol. The number of hydrogen-bond acceptors (Lipinski definition) is 4. The van der Waals surface area contributed by atoms with Crippen molar-refractivity contribution in [3.63, 3.8) is 0 Å². The smallest absolute Gasteiger partial charge is 0.407 e. The van der Waals surface area contributed by atoms with E-state index in [-0.39, 0.29) is 6.09 Å². The second-order valence-electron chi connectivity index (χ2n) is 7.10. The fourth-order valence-electron chi connectivity index (χ4n) is 3.47. The maximum atomic E-state index is 11.7. The Kier molecular flexibility index (Phi) is 3.21. The summed E-state index contributed by atoms with van der Waals surface area (Å²) in [5.74, 6) is 1.29. The molecule has 1 saturated carbocycles. The quantitative estimate of drug-likeness (QED) is 0.777. The zero-order chi connectivity index (χ0) is 13.6. The molecule has 2 saturated heterocycles. The molecule has 5 nitrogen and oxygen atoms in total. The minimum Gasteiger partial charge on any atom is -0.444 e. The summed E-state index contributed by atoms with van der Waals surface area (Å²) in [6.45, 7) is 10.2. The molecule has 2 N–H and O–H groups in total. The molecule has 1 amide bonds. The van der Waals surface area contributed by atoms with E-state index >= 15 is 0 Å². The average Bonchev–Trinajstić information content (AvgIpc) is 2.80. The fourth-order valence-corrected chi connectivity index (χ4v) is 3.47. The van der Waals surface area contributed by atoms with Gasteiger partial charge in [-0.3, -0.25) is 4.90 Å². The van der Waals surface area contributed by atoms with Crippen molar-refractivity contribution in [1.29, 1.82) is 0 Å². The van der Waals surface area contributed by atoms with Crippen LogP contribution in [0.4, 0.5) is 4.79 Å². The van der Waals surface area contributed by atoms with Crippen molar-refractivity contribution in [2.45, 2.75) is 44.9 Å². The van der Waals surface area contributed by atoms with Crippen LogP contribution in [0.2, 0.25) is 0 Å². The molecule has 0 spiro atoms. The zero-order valence-corrected chi connectivity index (χ0v) is 12.1. The van der Waals surface area contributed by atoms with Crippen molar-refractivity contribution in [1.82, 2.24) is 15.5 Å². The van der Waals surface area contributed by atoms with Crippen LogP contribution in [0, 0.1) is 11.8 Å². The molecule has 3 fully saturated rings. The summed E-state index contributed by atoms with van der Waals surface area (Å²) in [4.78, 5) is 14.3. The minimum absolute atomic E-state index is 0.263. The van der Waals surface area contributed by atoms with Crippen molar-refractivity contribution < 1.29 is 9.53 Å². The van der Waals surface area contributed by atoms with Crippen LogP contribution in [-0.2, 0) is 4.74 Å². The summed E-state index contributed by atoms with van der Waals surface area (Å²) in [5, 5.41) is 6.44. The highest BCUT2D eigenvalue weighted by molar-refractivity contribution is 5.68. The lowest BCUT2D eigenvalue weighted by molar-refractivity contribution is 0.0512. The molecule has 0 bridgehead atoms. The normalized spacial score (nSPS) is 38.1. The van der Waals surface area contributed by atoms with Crippen molar-refractivity contribution >= 4 is 6.09 Å². The first-order chi connectivity index (χ1) is 8.94. The topological polar surface area (TPSA) is 53.6 Å². The Labute approximate surface area is 115 Å². The summed E-state index contributed by atoms with van der Waals surface area (Å²) in [6.07, 6.45) is 1.00. The van der Waals surface area contributed by atoms with E-state index in [9.17, 15) is 4.79 Å². The second-order valence-corrected chi connectivity index (χ2v) is 7.10. The van der Waals surface area contributed by atoms with Crippen LogP contribution >= 0.6 is 0 Å². The number of piperidine rings is 1. The van der Waals surface area contributed by atoms with Gasteiger partial charge in [0.1, 0.15) is 5.60 Å². The van der Waals surface area contributed by atoms with Crippen molar-refractivity contribution in [3.8, 4) is 0 Å². The maximum absolute atomic E-state index is 11.7. The Morgan fingerprint density at radius 1 is 1.32 bits per heavy atom. The summed E-state index contributed by atoms with van der Waals surface area (Å²) >= 11 is 0. The zero-order valence-electron chi connectivity index (χ0n) is 12.1. The number of ether oxygens (including phenoxy) is 1. The molecule has 0 aromatic carbocycles. The van der Waals surface area contributed by atoms with Crippen LogP contribution < -0.4 is 10.6 Å². The predicted molar refractivity (Wildman–Crippen MR) is 73.0 cm³/mol. The van der Waals surface area contributed by atoms with E-state index in [4.69, 9.17) is 4.74 Å². The molecule has 2 aliphatic heterocycles. The first-order valence-corrected chi connectivity index (χ1v) is 7.38. The lowest BCUT2D eigenvalue weighted by Gasteiger charge is -2.26. The van der Waals surface area contributed by atoms with E-state index < -0.39 is 5.60 Å². The number of nitrogens with one attached hydrogen (secondary N) is 2. The SMILES string of the molecule is CC(C)(C)OC(=O)NC1C2CN(C3CCNC3)CC21. The monoisotopic (exact) mass is 267 g/mol. The van der Waals surface area contributed by atoms with Gasteiger partial charge >= 0.3 is 6.09 Å². The van der Waals surface area contributed by atoms with Gasteiger partial charge in [0.05, 0.1) is 0 Å². The Morgan fingerprint density at radius 3 is 2.53 bits per heavy atom. The molecule has 3 atom stereocenters. The van der Waals surface area contributed by atoms with Gasteiger partial charge in [-0.25, -0.2) is 4.79 Å². The van der Waals surface area contributed by atoms with Crippen molar-refractivity contribution in [2.75, 3.05) is 26.2 Å². The van der Waals surface area contributed by atoms with E-state index in [0.29, 0.717) is 17.9 Å². The first kappa shape index (κ1) is 13.2. The van der Waals surface area contributed by atoms with E-state index in [1.54, 1.807) is 0 Å². The average molecular weight is 267 g/mol. The number of carbonyl (C=O) groups is 1. The highest BCUT2D eigenvalue weighted by Crippen LogP contribution is 2.46. The van der Waals surface area contributed by atoms with Gasteiger partial charge in [0.15, 0.2) is 0 Å². The van der Waals surface area contributed by atoms with Crippen LogP contribution in [0.15, 0.2) is 0 Å². The van der Waals surface area contributed by atoms with Crippen LogP contribution in [0.1, 0.15) is 27.2 Å². The van der Waals surface area contributed by atoms with Crippen LogP contribution in [0.5, 0.6) is 0 Å². The van der Waals surface area contributed by atoms with E-state index in [0.717, 1.165) is 32.2 Å². The standard InChI is InChI=1S/C14H25N3O2/c1-14(2,3)19-13(18)16-12-10-7-17(8-11(10)12)9-4-5-15-6-9/h9-12,15H,4-8H2,1-3H3,(H,16,18). The first-order valence-electron chi connectivity index (χ1n) is 7.38. The molecule has 19 heavy (non-hydrogen) atoms. The van der Waals surface area contributed by atoms with Gasteiger partial charge in [-0.2, -0.15) is 0 Å². The molecule has 0 radical (unpaired) electrons. The van der Waals surface area contributed by atoms with Crippen LogP contribution in [-0.4, -0.2) is 54.9 Å². The third-order valence-electron chi connectivity index (χ3n) is 4.46. The summed E-state index contributed by atoms with van der Waals surface area (Å²) in [7, 11) is 0. The lowest BCUT2D eigenvalue weighted by atomic mass is 10.2. The van der Waals surface area contributed by atoms with E-state index in [1.165, 1.54) is 6.42 Å². The second kappa shape index (κ2) is 4.63. The number of likely N-dealkylation sites (tertiary alicyclic amines) is 1. The van der Waals surface area contributed by atoms with Gasteiger partial charge in [-0.1, -0.05) is 0 Å². The molecule has 108 valence electrons. The fraction of sp³-hybridized carbons (Fsp3) is 0.929. The summed E-state index contributed by atoms with van der Waals surface area (Å²) in [5.41, 5.74) is -0.407. The minimum atomic E-state index is -0.407. The third kappa shape index (κ3) is 2.87. The third-order valence-corrected chi connectivity index (χ3v) is 4.46. The molecule has 2 heterocycles. The number of rotatable bonds is 2. The van der Waals surface area contributed by atoms with Crippen LogP contribution in [0.3, 0.4) is 0 Å². The summed E-state index contributed by atoms with van der Waals surface area (Å²) in [6, 6.07) is 1.07. The predicted octanol–water partition coefficient (Wildman–Crippen LogP) is 0.803. The van der Waals surface area contributed by atoms with Gasteiger partial charge in [0.25, 0.3) is 0 Å². The lowest BCUT2D eigenvalue weighted by Crippen LogP contribution is -2.41. The number of alkyl carbamates (subject to hydrolysis) is 1. The molecule has 0 aromatic rings. The molecule has 5 heteroatoms. The highest BCUT2D eigenvalue weighted by Gasteiger charge is 2.57. The largest absolute Gasteiger partial charge is 0.444 e. The highest BCUT2D eigenvalue weighted by atomic mass is 16.6. The van der Waals surface area contributed by atoms with E-state index in [2.05, 4.69) is 15.5 Å². The molecule has 3 unspecified atom stereocenters. The Morgan fingerprint density at radius 2 is 2.00 bits per heavy atom. The van der Waals surface area contributed by atoms with Crippen LogP contribution in [0.25, 0.3) is 0 Å². The van der Waals surface area contributed by atoms with Gasteiger partial charge in [-0.05, 0) is 45.6 Å². The van der Waals surface area contributed by atoms with Gasteiger partial charge in [-0.15, -0.1) is 0 Å². The van der Waals surface area contributed by atoms with Gasteiger partial charge in [0, 0.05) is 31.7 Å².